The molecule has 0 aliphatic heterocycles. The number of halogens is 1. The molecular formula is C14H11BrN4OS. The number of hydrogen-bond donors (Lipinski definition) is 3. The number of aromatic amines is 1. The summed E-state index contributed by atoms with van der Waals surface area (Å²) < 4.78 is 0.859. The molecule has 0 saturated carbocycles. The van der Waals surface area contributed by atoms with Crippen LogP contribution in [-0.4, -0.2) is 21.0 Å². The lowest BCUT2D eigenvalue weighted by atomic mass is 10.2. The molecule has 7 heteroatoms. The van der Waals surface area contributed by atoms with Gasteiger partial charge in [0.1, 0.15) is 0 Å². The third kappa shape index (κ3) is 2.88. The van der Waals surface area contributed by atoms with Gasteiger partial charge in [0.25, 0.3) is 0 Å². The van der Waals surface area contributed by atoms with E-state index in [0.717, 1.165) is 25.6 Å². The van der Waals surface area contributed by atoms with Crippen molar-refractivity contribution in [3.05, 3.63) is 52.5 Å². The minimum absolute atomic E-state index is 0.0647. The molecule has 1 heterocycles. The molecule has 3 aromatic rings. The summed E-state index contributed by atoms with van der Waals surface area (Å²) in [6, 6.07) is 13.4. The Morgan fingerprint density at radius 1 is 1.29 bits per heavy atom. The van der Waals surface area contributed by atoms with Crippen molar-refractivity contribution in [3.63, 3.8) is 0 Å². The van der Waals surface area contributed by atoms with Crippen LogP contribution in [0.1, 0.15) is 5.56 Å². The highest BCUT2D eigenvalue weighted by molar-refractivity contribution is 9.10. The van der Waals surface area contributed by atoms with Gasteiger partial charge in [-0.1, -0.05) is 45.0 Å². The third-order valence-electron chi connectivity index (χ3n) is 2.90. The minimum atomic E-state index is 0.0647. The first-order chi connectivity index (χ1) is 10.2. The number of nitrogens with two attached hydrogens (primary N) is 1. The highest BCUT2D eigenvalue weighted by Gasteiger charge is 2.11. The molecule has 21 heavy (non-hydrogen) atoms. The number of rotatable bonds is 3. The number of H-pyrrole nitrogens is 1. The average Bonchev–Trinajstić information content (AvgIpc) is 2.90. The Hall–Kier alpha value is -1.99. The number of nitrogens with one attached hydrogen (secondary N) is 1. The zero-order valence-corrected chi connectivity index (χ0v) is 13.1. The summed E-state index contributed by atoms with van der Waals surface area (Å²) in [6.07, 6.45) is 0. The Kier molecular flexibility index (Phi) is 3.85. The van der Waals surface area contributed by atoms with Gasteiger partial charge in [-0.05, 0) is 30.3 Å². The molecule has 0 aliphatic rings. The fourth-order valence-corrected chi connectivity index (χ4v) is 3.21. The van der Waals surface area contributed by atoms with E-state index >= 15 is 0 Å². The first-order valence-electron chi connectivity index (χ1n) is 6.07. The van der Waals surface area contributed by atoms with E-state index in [1.54, 1.807) is 6.07 Å². The van der Waals surface area contributed by atoms with E-state index in [9.17, 15) is 0 Å². The van der Waals surface area contributed by atoms with Crippen LogP contribution in [0.25, 0.3) is 11.0 Å². The number of oxime groups is 1. The zero-order valence-electron chi connectivity index (χ0n) is 10.7. The molecular weight excluding hydrogens is 352 g/mol. The first-order valence-corrected chi connectivity index (χ1v) is 7.68. The maximum atomic E-state index is 8.90. The van der Waals surface area contributed by atoms with Crippen molar-refractivity contribution in [2.24, 2.45) is 10.9 Å². The van der Waals surface area contributed by atoms with Crippen LogP contribution in [0.3, 0.4) is 0 Å². The van der Waals surface area contributed by atoms with E-state index in [1.165, 1.54) is 11.8 Å². The largest absolute Gasteiger partial charge is 0.409 e. The molecule has 0 aliphatic carbocycles. The topological polar surface area (TPSA) is 87.3 Å². The SMILES string of the molecule is N/C(=N/O)c1cc(Br)ccc1Sc1nc2ccccc2[nH]1. The van der Waals surface area contributed by atoms with Crippen molar-refractivity contribution in [2.45, 2.75) is 10.1 Å². The summed E-state index contributed by atoms with van der Waals surface area (Å²) in [7, 11) is 0. The van der Waals surface area contributed by atoms with Crippen LogP contribution < -0.4 is 5.73 Å². The Morgan fingerprint density at radius 3 is 2.86 bits per heavy atom. The molecule has 4 N–H and O–H groups in total. The van der Waals surface area contributed by atoms with Gasteiger partial charge >= 0.3 is 0 Å². The molecule has 2 aromatic carbocycles. The standard InChI is InChI=1S/C14H11BrN4OS/c15-8-5-6-12(9(7-8)13(16)19-20)21-14-17-10-3-1-2-4-11(10)18-14/h1-7,20H,(H2,16,19)(H,17,18). The molecule has 106 valence electrons. The lowest BCUT2D eigenvalue weighted by Gasteiger charge is -2.06. The van der Waals surface area contributed by atoms with Crippen molar-refractivity contribution in [2.75, 3.05) is 0 Å². The molecule has 0 unspecified atom stereocenters. The van der Waals surface area contributed by atoms with E-state index < -0.39 is 0 Å². The van der Waals surface area contributed by atoms with Crippen LogP contribution in [0.15, 0.2) is 62.1 Å². The van der Waals surface area contributed by atoms with Gasteiger partial charge in [-0.25, -0.2) is 4.98 Å². The van der Waals surface area contributed by atoms with Crippen molar-refractivity contribution < 1.29 is 5.21 Å². The van der Waals surface area contributed by atoms with E-state index in [2.05, 4.69) is 31.1 Å². The van der Waals surface area contributed by atoms with E-state index in [1.807, 2.05) is 36.4 Å². The van der Waals surface area contributed by atoms with Crippen molar-refractivity contribution in [1.82, 2.24) is 9.97 Å². The number of para-hydroxylation sites is 2. The predicted octanol–water partition coefficient (Wildman–Crippen LogP) is 3.57. The fraction of sp³-hybridized carbons (Fsp3) is 0. The van der Waals surface area contributed by atoms with Gasteiger partial charge in [0.2, 0.25) is 0 Å². The molecule has 0 radical (unpaired) electrons. The monoisotopic (exact) mass is 362 g/mol. The third-order valence-corrected chi connectivity index (χ3v) is 4.36. The molecule has 0 spiro atoms. The Balaban J connectivity index is 2.01. The van der Waals surface area contributed by atoms with Crippen LogP contribution in [0.5, 0.6) is 0 Å². The van der Waals surface area contributed by atoms with Gasteiger partial charge in [0.15, 0.2) is 11.0 Å². The number of benzene rings is 2. The molecule has 0 bridgehead atoms. The van der Waals surface area contributed by atoms with Gasteiger partial charge < -0.3 is 15.9 Å². The lowest BCUT2D eigenvalue weighted by Crippen LogP contribution is -2.14. The van der Waals surface area contributed by atoms with Crippen molar-refractivity contribution in [3.8, 4) is 0 Å². The minimum Gasteiger partial charge on any atom is -0.409 e. The Bertz CT molecular complexity index is 798. The Labute approximate surface area is 133 Å². The van der Waals surface area contributed by atoms with Crippen LogP contribution in [0.2, 0.25) is 0 Å². The second-order valence-electron chi connectivity index (χ2n) is 4.29. The number of fused-ring (bicyclic) bond motifs is 1. The normalized spacial score (nSPS) is 12.0. The van der Waals surface area contributed by atoms with Crippen molar-refractivity contribution >= 4 is 44.6 Å². The Morgan fingerprint density at radius 2 is 2.10 bits per heavy atom. The lowest BCUT2D eigenvalue weighted by molar-refractivity contribution is 0.318. The van der Waals surface area contributed by atoms with Crippen LogP contribution in [0.4, 0.5) is 0 Å². The summed E-state index contributed by atoms with van der Waals surface area (Å²) in [5.74, 6) is 0.0647. The van der Waals surface area contributed by atoms with Gasteiger partial charge in [0, 0.05) is 14.9 Å². The maximum Gasteiger partial charge on any atom is 0.171 e. The number of nitrogens with zero attached hydrogens (tertiary/aromatic N) is 2. The smallest absolute Gasteiger partial charge is 0.171 e. The second kappa shape index (κ2) is 5.79. The molecule has 0 fully saturated rings. The first kappa shape index (κ1) is 14.0. The van der Waals surface area contributed by atoms with Gasteiger partial charge in [-0.3, -0.25) is 0 Å². The molecule has 5 nitrogen and oxygen atoms in total. The van der Waals surface area contributed by atoms with Crippen LogP contribution in [-0.2, 0) is 0 Å². The summed E-state index contributed by atoms with van der Waals surface area (Å²) in [6.45, 7) is 0. The molecule has 1 aromatic heterocycles. The second-order valence-corrected chi connectivity index (χ2v) is 6.23. The number of amidine groups is 1. The molecule has 3 rings (SSSR count). The molecule has 0 saturated heterocycles. The van der Waals surface area contributed by atoms with Crippen LogP contribution in [0, 0.1) is 0 Å². The summed E-state index contributed by atoms with van der Waals surface area (Å²) in [5, 5.41) is 12.7. The van der Waals surface area contributed by atoms with Gasteiger partial charge in [-0.2, -0.15) is 0 Å². The van der Waals surface area contributed by atoms with E-state index in [-0.39, 0.29) is 5.84 Å². The fourth-order valence-electron chi connectivity index (χ4n) is 1.93. The maximum absolute atomic E-state index is 8.90. The van der Waals surface area contributed by atoms with Gasteiger partial charge in [0.05, 0.1) is 11.0 Å². The summed E-state index contributed by atoms with van der Waals surface area (Å²) in [5.41, 5.74) is 8.26. The number of imidazole rings is 1. The number of aromatic nitrogens is 2. The number of hydrogen-bond acceptors (Lipinski definition) is 4. The summed E-state index contributed by atoms with van der Waals surface area (Å²) in [4.78, 5) is 8.60. The van der Waals surface area contributed by atoms with Gasteiger partial charge in [-0.15, -0.1) is 0 Å². The average molecular weight is 363 g/mol. The highest BCUT2D eigenvalue weighted by Crippen LogP contribution is 2.31. The highest BCUT2D eigenvalue weighted by atomic mass is 79.9. The summed E-state index contributed by atoms with van der Waals surface area (Å²) >= 11 is 4.82. The van der Waals surface area contributed by atoms with E-state index in [0.29, 0.717) is 5.56 Å². The zero-order chi connectivity index (χ0) is 14.8. The van der Waals surface area contributed by atoms with E-state index in [4.69, 9.17) is 10.9 Å². The molecule has 0 amide bonds. The predicted molar refractivity (Wildman–Crippen MR) is 86.9 cm³/mol. The van der Waals surface area contributed by atoms with Crippen molar-refractivity contribution in [1.29, 1.82) is 0 Å². The quantitative estimate of drug-likeness (QED) is 0.287. The van der Waals surface area contributed by atoms with Crippen LogP contribution >= 0.6 is 27.7 Å². The molecule has 0 atom stereocenters.